The minimum Gasteiger partial charge on any atom is -0.496 e. The van der Waals surface area contributed by atoms with Crippen LogP contribution in [0.25, 0.3) is 16.6 Å². The molecule has 0 aliphatic heterocycles. The molecule has 0 spiro atoms. The maximum Gasteiger partial charge on any atom is 0.471 e. The third-order valence-corrected chi connectivity index (χ3v) is 6.46. The number of nitrogens with zero attached hydrogens (tertiary/aromatic N) is 2. The first-order valence-electron chi connectivity index (χ1n) is 11.1. The van der Waals surface area contributed by atoms with Crippen molar-refractivity contribution in [2.75, 3.05) is 13.4 Å². The van der Waals surface area contributed by atoms with Gasteiger partial charge in [-0.15, -0.1) is 11.8 Å². The largest absolute Gasteiger partial charge is 0.496 e. The van der Waals surface area contributed by atoms with Gasteiger partial charge in [-0.1, -0.05) is 6.07 Å². The predicted molar refractivity (Wildman–Crippen MR) is 133 cm³/mol. The van der Waals surface area contributed by atoms with Crippen molar-refractivity contribution in [1.82, 2.24) is 15.1 Å². The molecule has 1 amide bonds. The van der Waals surface area contributed by atoms with E-state index >= 15 is 0 Å². The molecule has 3 aromatic carbocycles. The molecule has 1 aromatic heterocycles. The molecule has 0 aliphatic carbocycles. The molecule has 4 aromatic rings. The number of hydrogen-bond acceptors (Lipinski definition) is 5. The van der Waals surface area contributed by atoms with Crippen molar-refractivity contribution < 1.29 is 31.8 Å². The van der Waals surface area contributed by atoms with E-state index in [-0.39, 0.29) is 5.82 Å². The van der Waals surface area contributed by atoms with Crippen molar-refractivity contribution in [3.63, 3.8) is 0 Å². The van der Waals surface area contributed by atoms with Crippen molar-refractivity contribution in [3.8, 4) is 17.2 Å². The highest BCUT2D eigenvalue weighted by Crippen LogP contribution is 2.34. The number of benzene rings is 3. The van der Waals surface area contributed by atoms with Gasteiger partial charge in [0, 0.05) is 10.3 Å². The zero-order chi connectivity index (χ0) is 26.7. The molecular formula is C26H23F4N3O3S. The second-order valence-electron chi connectivity index (χ2n) is 8.17. The van der Waals surface area contributed by atoms with Gasteiger partial charge in [-0.25, -0.2) is 9.07 Å². The van der Waals surface area contributed by atoms with E-state index in [9.17, 15) is 22.4 Å². The van der Waals surface area contributed by atoms with E-state index < -0.39 is 24.2 Å². The molecule has 6 nitrogen and oxygen atoms in total. The van der Waals surface area contributed by atoms with Gasteiger partial charge in [0.05, 0.1) is 30.6 Å². The maximum absolute atomic E-state index is 13.3. The number of carbonyl (C=O) groups is 1. The van der Waals surface area contributed by atoms with Crippen molar-refractivity contribution in [2.45, 2.75) is 30.1 Å². The first kappa shape index (κ1) is 26.3. The van der Waals surface area contributed by atoms with Crippen LogP contribution in [-0.4, -0.2) is 41.3 Å². The van der Waals surface area contributed by atoms with Crippen LogP contribution in [0.1, 0.15) is 18.6 Å². The number of ether oxygens (including phenoxy) is 2. The van der Waals surface area contributed by atoms with E-state index in [1.165, 1.54) is 37.9 Å². The van der Waals surface area contributed by atoms with Gasteiger partial charge in [-0.3, -0.25) is 4.79 Å². The Morgan fingerprint density at radius 3 is 2.46 bits per heavy atom. The quantitative estimate of drug-likeness (QED) is 0.220. The van der Waals surface area contributed by atoms with Crippen LogP contribution in [0.5, 0.6) is 11.5 Å². The van der Waals surface area contributed by atoms with Gasteiger partial charge in [-0.2, -0.15) is 18.3 Å². The van der Waals surface area contributed by atoms with E-state index in [0.29, 0.717) is 28.1 Å². The lowest BCUT2D eigenvalue weighted by Crippen LogP contribution is -2.45. The summed E-state index contributed by atoms with van der Waals surface area (Å²) in [6, 6.07) is 15.1. The minimum absolute atomic E-state index is 0.358. The molecule has 0 saturated carbocycles. The summed E-state index contributed by atoms with van der Waals surface area (Å²) in [6.45, 7) is 1.44. The van der Waals surface area contributed by atoms with Crippen LogP contribution in [0.2, 0.25) is 0 Å². The van der Waals surface area contributed by atoms with Gasteiger partial charge in [-0.05, 0) is 73.3 Å². The SMILES string of the molecule is COc1cc(C(Oc2ccc3c(cnn3-c3ccc(F)cc3)c2)C(C)NC(=O)C(F)(F)F)ccc1SC. The number of rotatable bonds is 8. The van der Waals surface area contributed by atoms with Crippen molar-refractivity contribution in [2.24, 2.45) is 0 Å². The summed E-state index contributed by atoms with van der Waals surface area (Å²) in [5, 5.41) is 7.04. The highest BCUT2D eigenvalue weighted by molar-refractivity contribution is 7.98. The number of carbonyl (C=O) groups excluding carboxylic acids is 1. The number of fused-ring (bicyclic) bond motifs is 1. The molecule has 1 heterocycles. The molecule has 194 valence electrons. The molecular weight excluding hydrogens is 510 g/mol. The molecule has 1 N–H and O–H groups in total. The standard InChI is InChI=1S/C26H23F4N3O3S/c1-15(32-25(34)26(28,29)30)24(16-4-11-23(37-3)22(13-16)35-2)36-20-9-10-21-17(12-20)14-31-33(21)19-7-5-18(27)6-8-19/h4-15,24H,1-3H3,(H,32,34). The van der Waals surface area contributed by atoms with Crippen LogP contribution in [0.4, 0.5) is 17.6 Å². The van der Waals surface area contributed by atoms with Crippen molar-refractivity contribution in [1.29, 1.82) is 0 Å². The lowest BCUT2D eigenvalue weighted by Gasteiger charge is -2.27. The molecule has 0 aliphatic rings. The Kier molecular flexibility index (Phi) is 7.63. The third kappa shape index (κ3) is 5.82. The molecule has 0 bridgehead atoms. The summed E-state index contributed by atoms with van der Waals surface area (Å²) < 4.78 is 65.4. The number of thioether (sulfide) groups is 1. The first-order chi connectivity index (χ1) is 17.6. The third-order valence-electron chi connectivity index (χ3n) is 5.68. The number of halogens is 4. The Labute approximate surface area is 214 Å². The first-order valence-corrected chi connectivity index (χ1v) is 12.3. The van der Waals surface area contributed by atoms with Gasteiger partial charge in [0.1, 0.15) is 23.4 Å². The van der Waals surface area contributed by atoms with E-state index in [0.717, 1.165) is 10.4 Å². The second-order valence-corrected chi connectivity index (χ2v) is 9.01. The fourth-order valence-corrected chi connectivity index (χ4v) is 4.42. The van der Waals surface area contributed by atoms with E-state index in [4.69, 9.17) is 9.47 Å². The summed E-state index contributed by atoms with van der Waals surface area (Å²) in [5.41, 5.74) is 1.90. The summed E-state index contributed by atoms with van der Waals surface area (Å²) in [7, 11) is 1.50. The predicted octanol–water partition coefficient (Wildman–Crippen LogP) is 6.08. The van der Waals surface area contributed by atoms with Gasteiger partial charge < -0.3 is 14.8 Å². The fraction of sp³-hybridized carbons (Fsp3) is 0.231. The Balaban J connectivity index is 1.68. The lowest BCUT2D eigenvalue weighted by atomic mass is 10.0. The van der Waals surface area contributed by atoms with Gasteiger partial charge >= 0.3 is 12.1 Å². The molecule has 37 heavy (non-hydrogen) atoms. The second kappa shape index (κ2) is 10.7. The average Bonchev–Trinajstić information content (AvgIpc) is 3.30. The summed E-state index contributed by atoms with van der Waals surface area (Å²) in [5.74, 6) is -1.53. The van der Waals surface area contributed by atoms with Gasteiger partial charge in [0.25, 0.3) is 0 Å². The van der Waals surface area contributed by atoms with Gasteiger partial charge in [0.2, 0.25) is 0 Å². The Hall–Kier alpha value is -3.73. The van der Waals surface area contributed by atoms with Crippen LogP contribution in [0, 0.1) is 5.82 Å². The molecule has 2 unspecified atom stereocenters. The van der Waals surface area contributed by atoms with Crippen LogP contribution < -0.4 is 14.8 Å². The van der Waals surface area contributed by atoms with E-state index in [1.807, 2.05) is 11.6 Å². The van der Waals surface area contributed by atoms with Crippen LogP contribution >= 0.6 is 11.8 Å². The number of alkyl halides is 3. The van der Waals surface area contributed by atoms with Crippen LogP contribution in [0.15, 0.2) is 71.8 Å². The molecule has 2 atom stereocenters. The molecule has 4 rings (SSSR count). The summed E-state index contributed by atoms with van der Waals surface area (Å²) >= 11 is 1.46. The highest BCUT2D eigenvalue weighted by atomic mass is 32.2. The molecule has 11 heteroatoms. The van der Waals surface area contributed by atoms with Gasteiger partial charge in [0.15, 0.2) is 0 Å². The fourth-order valence-electron chi connectivity index (χ4n) is 3.87. The zero-order valence-electron chi connectivity index (χ0n) is 20.0. The summed E-state index contributed by atoms with van der Waals surface area (Å²) in [6.07, 6.45) is -2.53. The smallest absolute Gasteiger partial charge is 0.471 e. The Morgan fingerprint density at radius 2 is 1.81 bits per heavy atom. The van der Waals surface area contributed by atoms with E-state index in [1.54, 1.807) is 59.4 Å². The number of aromatic nitrogens is 2. The van der Waals surface area contributed by atoms with Crippen molar-refractivity contribution in [3.05, 3.63) is 78.2 Å². The normalized spacial score (nSPS) is 13.3. The monoisotopic (exact) mass is 533 g/mol. The zero-order valence-corrected chi connectivity index (χ0v) is 20.9. The highest BCUT2D eigenvalue weighted by Gasteiger charge is 2.40. The number of amides is 1. The average molecular weight is 534 g/mol. The Morgan fingerprint density at radius 1 is 1.08 bits per heavy atom. The van der Waals surface area contributed by atoms with Crippen molar-refractivity contribution >= 4 is 28.6 Å². The molecule has 0 saturated heterocycles. The van der Waals surface area contributed by atoms with E-state index in [2.05, 4.69) is 5.10 Å². The maximum atomic E-state index is 13.3. The molecule has 0 radical (unpaired) electrons. The number of nitrogens with one attached hydrogen (secondary N) is 1. The molecule has 0 fully saturated rings. The lowest BCUT2D eigenvalue weighted by molar-refractivity contribution is -0.174. The minimum atomic E-state index is -5.03. The summed E-state index contributed by atoms with van der Waals surface area (Å²) in [4.78, 5) is 12.5. The van der Waals surface area contributed by atoms with Crippen LogP contribution in [0.3, 0.4) is 0 Å². The Bertz CT molecular complexity index is 1410. The van der Waals surface area contributed by atoms with Crippen LogP contribution in [-0.2, 0) is 4.79 Å². The number of methoxy groups -OCH3 is 1. The topological polar surface area (TPSA) is 65.4 Å². The number of hydrogen-bond donors (Lipinski definition) is 1.